The molecule has 1 fully saturated rings. The van der Waals surface area contributed by atoms with Crippen molar-refractivity contribution in [1.29, 1.82) is 5.26 Å². The molecule has 1 atom stereocenters. The standard InChI is InChI=1S/C11H15N3S/c1-7(5-9-3-4-9)13-11-10(6-12)8(2)14-15-11/h7,9,13H,3-5H2,1-2H3. The van der Waals surface area contributed by atoms with E-state index in [1.54, 1.807) is 0 Å². The fourth-order valence-corrected chi connectivity index (χ4v) is 2.59. The Labute approximate surface area is 94.3 Å². The summed E-state index contributed by atoms with van der Waals surface area (Å²) in [5.41, 5.74) is 1.55. The molecule has 1 unspecified atom stereocenters. The third-order valence-corrected chi connectivity index (χ3v) is 3.61. The Hall–Kier alpha value is -1.08. The summed E-state index contributed by atoms with van der Waals surface area (Å²) in [7, 11) is 0. The predicted molar refractivity (Wildman–Crippen MR) is 62.0 cm³/mol. The molecule has 1 N–H and O–H groups in total. The normalized spacial score (nSPS) is 17.1. The molecule has 2 rings (SSSR count). The van der Waals surface area contributed by atoms with Crippen LogP contribution in [0.4, 0.5) is 5.00 Å². The molecule has 0 saturated heterocycles. The number of aromatic nitrogens is 1. The van der Waals surface area contributed by atoms with Crippen LogP contribution in [0, 0.1) is 24.2 Å². The zero-order valence-corrected chi connectivity index (χ0v) is 9.90. The summed E-state index contributed by atoms with van der Waals surface area (Å²) >= 11 is 1.39. The van der Waals surface area contributed by atoms with Gasteiger partial charge in [0, 0.05) is 6.04 Å². The summed E-state index contributed by atoms with van der Waals surface area (Å²) in [5, 5.41) is 13.3. The van der Waals surface area contributed by atoms with Crippen molar-refractivity contribution in [3.63, 3.8) is 0 Å². The van der Waals surface area contributed by atoms with E-state index in [0.717, 1.165) is 16.6 Å². The van der Waals surface area contributed by atoms with Crippen molar-refractivity contribution in [3.8, 4) is 6.07 Å². The number of nitrogens with one attached hydrogen (secondary N) is 1. The van der Waals surface area contributed by atoms with Crippen molar-refractivity contribution in [1.82, 2.24) is 4.37 Å². The van der Waals surface area contributed by atoms with E-state index in [4.69, 9.17) is 5.26 Å². The Bertz CT molecular complexity index is 387. The SMILES string of the molecule is Cc1nsc(NC(C)CC2CC2)c1C#N. The molecule has 0 spiro atoms. The highest BCUT2D eigenvalue weighted by Gasteiger charge is 2.24. The number of aryl methyl sites for hydroxylation is 1. The largest absolute Gasteiger partial charge is 0.372 e. The van der Waals surface area contributed by atoms with Crippen molar-refractivity contribution in [3.05, 3.63) is 11.3 Å². The lowest BCUT2D eigenvalue weighted by molar-refractivity contribution is 0.643. The maximum Gasteiger partial charge on any atom is 0.127 e. The van der Waals surface area contributed by atoms with E-state index >= 15 is 0 Å². The molecule has 0 aliphatic heterocycles. The summed E-state index contributed by atoms with van der Waals surface area (Å²) in [6.45, 7) is 4.06. The number of rotatable bonds is 4. The molecule has 80 valence electrons. The molecule has 0 amide bonds. The van der Waals surface area contributed by atoms with Gasteiger partial charge in [-0.25, -0.2) is 0 Å². The summed E-state index contributed by atoms with van der Waals surface area (Å²) in [6, 6.07) is 2.65. The minimum Gasteiger partial charge on any atom is -0.372 e. The Kier molecular flexibility index (Phi) is 2.92. The molecule has 0 radical (unpaired) electrons. The van der Waals surface area contributed by atoms with Gasteiger partial charge in [-0.15, -0.1) is 0 Å². The van der Waals surface area contributed by atoms with Gasteiger partial charge in [0.05, 0.1) is 5.69 Å². The van der Waals surface area contributed by atoms with Crippen LogP contribution in [-0.4, -0.2) is 10.4 Å². The van der Waals surface area contributed by atoms with E-state index in [0.29, 0.717) is 11.6 Å². The molecule has 1 heterocycles. The highest BCUT2D eigenvalue weighted by Crippen LogP contribution is 2.34. The zero-order valence-electron chi connectivity index (χ0n) is 9.08. The molecule has 1 aliphatic rings. The van der Waals surface area contributed by atoms with E-state index in [-0.39, 0.29) is 0 Å². The summed E-state index contributed by atoms with van der Waals surface area (Å²) < 4.78 is 4.19. The fourth-order valence-electron chi connectivity index (χ4n) is 1.74. The third-order valence-electron chi connectivity index (χ3n) is 2.74. The Morgan fingerprint density at radius 2 is 2.40 bits per heavy atom. The topological polar surface area (TPSA) is 48.7 Å². The average molecular weight is 221 g/mol. The van der Waals surface area contributed by atoms with Crippen LogP contribution in [-0.2, 0) is 0 Å². The van der Waals surface area contributed by atoms with Crippen molar-refractivity contribution < 1.29 is 0 Å². The average Bonchev–Trinajstić information content (AvgIpc) is 2.92. The van der Waals surface area contributed by atoms with E-state index in [9.17, 15) is 0 Å². The second kappa shape index (κ2) is 4.19. The number of hydrogen-bond donors (Lipinski definition) is 1. The molecule has 1 aromatic rings. The number of anilines is 1. The Balaban J connectivity index is 1.99. The van der Waals surface area contributed by atoms with Crippen LogP contribution < -0.4 is 5.32 Å². The predicted octanol–water partition coefficient (Wildman–Crippen LogP) is 2.92. The van der Waals surface area contributed by atoms with Crippen LogP contribution in [0.2, 0.25) is 0 Å². The molecule has 15 heavy (non-hydrogen) atoms. The second-order valence-electron chi connectivity index (χ2n) is 4.31. The Morgan fingerprint density at radius 3 is 3.00 bits per heavy atom. The lowest BCUT2D eigenvalue weighted by atomic mass is 10.1. The molecule has 0 aromatic carbocycles. The lowest BCUT2D eigenvalue weighted by Crippen LogP contribution is -2.15. The van der Waals surface area contributed by atoms with Gasteiger partial charge in [-0.1, -0.05) is 12.8 Å². The van der Waals surface area contributed by atoms with Crippen LogP contribution in [0.5, 0.6) is 0 Å². The van der Waals surface area contributed by atoms with Crippen LogP contribution in [0.15, 0.2) is 0 Å². The molecule has 1 aromatic heterocycles. The van der Waals surface area contributed by atoms with Gasteiger partial charge in [0.15, 0.2) is 0 Å². The molecular formula is C11H15N3S. The van der Waals surface area contributed by atoms with Gasteiger partial charge in [-0.3, -0.25) is 0 Å². The third kappa shape index (κ3) is 2.48. The number of nitrogens with zero attached hydrogens (tertiary/aromatic N) is 2. The molecule has 1 aliphatic carbocycles. The lowest BCUT2D eigenvalue weighted by Gasteiger charge is -2.12. The van der Waals surface area contributed by atoms with Gasteiger partial charge in [0.2, 0.25) is 0 Å². The van der Waals surface area contributed by atoms with E-state index < -0.39 is 0 Å². The van der Waals surface area contributed by atoms with Crippen molar-refractivity contribution in [2.24, 2.45) is 5.92 Å². The molecule has 1 saturated carbocycles. The summed E-state index contributed by atoms with van der Waals surface area (Å²) in [6.07, 6.45) is 3.96. The maximum absolute atomic E-state index is 8.97. The molecule has 0 bridgehead atoms. The monoisotopic (exact) mass is 221 g/mol. The van der Waals surface area contributed by atoms with Crippen molar-refractivity contribution in [2.45, 2.75) is 39.2 Å². The van der Waals surface area contributed by atoms with Crippen LogP contribution in [0.3, 0.4) is 0 Å². The van der Waals surface area contributed by atoms with Gasteiger partial charge in [0.25, 0.3) is 0 Å². The second-order valence-corrected chi connectivity index (χ2v) is 5.08. The van der Waals surface area contributed by atoms with Crippen LogP contribution in [0.1, 0.15) is 37.4 Å². The van der Waals surface area contributed by atoms with Gasteiger partial charge >= 0.3 is 0 Å². The fraction of sp³-hybridized carbons (Fsp3) is 0.636. The number of hydrogen-bond acceptors (Lipinski definition) is 4. The first-order valence-electron chi connectivity index (χ1n) is 5.33. The first-order chi connectivity index (χ1) is 7.20. The van der Waals surface area contributed by atoms with E-state index in [1.165, 1.54) is 30.8 Å². The minimum atomic E-state index is 0.449. The quantitative estimate of drug-likeness (QED) is 0.850. The van der Waals surface area contributed by atoms with Gasteiger partial charge < -0.3 is 5.32 Å². The summed E-state index contributed by atoms with van der Waals surface area (Å²) in [4.78, 5) is 0. The smallest absolute Gasteiger partial charge is 0.127 e. The first-order valence-corrected chi connectivity index (χ1v) is 6.11. The number of nitriles is 1. The highest BCUT2D eigenvalue weighted by atomic mass is 32.1. The minimum absolute atomic E-state index is 0.449. The van der Waals surface area contributed by atoms with Gasteiger partial charge in [0.1, 0.15) is 16.6 Å². The van der Waals surface area contributed by atoms with Crippen LogP contribution >= 0.6 is 11.5 Å². The van der Waals surface area contributed by atoms with Crippen LogP contribution in [0.25, 0.3) is 0 Å². The molecule has 3 nitrogen and oxygen atoms in total. The molecule has 4 heteroatoms. The highest BCUT2D eigenvalue weighted by molar-refractivity contribution is 7.10. The van der Waals surface area contributed by atoms with Crippen molar-refractivity contribution in [2.75, 3.05) is 5.32 Å². The van der Waals surface area contributed by atoms with Gasteiger partial charge in [-0.2, -0.15) is 9.64 Å². The molecular weight excluding hydrogens is 206 g/mol. The summed E-state index contributed by atoms with van der Waals surface area (Å²) in [5.74, 6) is 0.909. The van der Waals surface area contributed by atoms with Gasteiger partial charge in [-0.05, 0) is 37.7 Å². The Morgan fingerprint density at radius 1 is 1.67 bits per heavy atom. The van der Waals surface area contributed by atoms with Crippen molar-refractivity contribution >= 4 is 16.5 Å². The van der Waals surface area contributed by atoms with E-state index in [2.05, 4.69) is 22.7 Å². The van der Waals surface area contributed by atoms with E-state index in [1.807, 2.05) is 6.92 Å². The zero-order chi connectivity index (χ0) is 10.8. The maximum atomic E-state index is 8.97. The first kappa shape index (κ1) is 10.4.